The fourth-order valence-electron chi connectivity index (χ4n) is 1.47. The van der Waals surface area contributed by atoms with Crippen LogP contribution in [0.25, 0.3) is 11.1 Å². The Morgan fingerprint density at radius 2 is 1.78 bits per heavy atom. The number of nitrogens with zero attached hydrogens (tertiary/aromatic N) is 2. The van der Waals surface area contributed by atoms with Crippen LogP contribution in [0.1, 0.15) is 11.4 Å². The number of benzene rings is 1. The number of aromatic nitrogens is 2. The Bertz CT molecular complexity index is 565. The molecule has 0 amide bonds. The summed E-state index contributed by atoms with van der Waals surface area (Å²) in [5, 5.41) is -3.62. The molecule has 0 atom stereocenters. The molecule has 1 aromatic carbocycles. The molecule has 0 spiro atoms. The zero-order valence-corrected chi connectivity index (χ0v) is 10.0. The Balaban J connectivity index is 2.41. The summed E-state index contributed by atoms with van der Waals surface area (Å²) in [5.41, 5.74) is 1.34. The largest absolute Gasteiger partial charge is 0.381 e. The maximum absolute atomic E-state index is 13.6. The first-order valence-corrected chi connectivity index (χ1v) is 5.41. The van der Waals surface area contributed by atoms with Crippen LogP contribution >= 0.6 is 11.6 Å². The van der Waals surface area contributed by atoms with Crippen molar-refractivity contribution >= 4 is 11.6 Å². The molecule has 0 saturated heterocycles. The van der Waals surface area contributed by atoms with Crippen LogP contribution in [0.15, 0.2) is 30.6 Å². The number of alkyl halides is 3. The van der Waals surface area contributed by atoms with E-state index in [1.165, 1.54) is 6.07 Å². The van der Waals surface area contributed by atoms with Gasteiger partial charge >= 0.3 is 5.38 Å². The molecule has 0 fully saturated rings. The van der Waals surface area contributed by atoms with Gasteiger partial charge in [0.2, 0.25) is 5.82 Å². The number of hydrogen-bond donors (Lipinski definition) is 0. The average Bonchev–Trinajstić information content (AvgIpc) is 2.28. The molecule has 1 aromatic heterocycles. The molecule has 2 nitrogen and oxygen atoms in total. The van der Waals surface area contributed by atoms with Gasteiger partial charge < -0.3 is 0 Å². The minimum Gasteiger partial charge on any atom is -0.234 e. The monoisotopic (exact) mass is 272 g/mol. The Morgan fingerprint density at radius 1 is 1.17 bits per heavy atom. The summed E-state index contributed by atoms with van der Waals surface area (Å²) < 4.78 is 39.0. The maximum Gasteiger partial charge on any atom is 0.381 e. The quantitative estimate of drug-likeness (QED) is 0.776. The summed E-state index contributed by atoms with van der Waals surface area (Å²) in [6.07, 6.45) is 2.23. The topological polar surface area (TPSA) is 25.8 Å². The highest BCUT2D eigenvalue weighted by atomic mass is 35.5. The smallest absolute Gasteiger partial charge is 0.234 e. The van der Waals surface area contributed by atoms with Crippen LogP contribution in [-0.2, 0) is 5.38 Å². The first-order valence-electron chi connectivity index (χ1n) is 5.03. The Kier molecular flexibility index (Phi) is 3.26. The third-order valence-electron chi connectivity index (χ3n) is 2.34. The van der Waals surface area contributed by atoms with Crippen molar-refractivity contribution in [1.82, 2.24) is 9.97 Å². The van der Waals surface area contributed by atoms with Crippen molar-refractivity contribution in [2.45, 2.75) is 12.3 Å². The van der Waals surface area contributed by atoms with E-state index in [1.807, 2.05) is 0 Å². The number of hydrogen-bond acceptors (Lipinski definition) is 2. The van der Waals surface area contributed by atoms with E-state index in [9.17, 15) is 13.2 Å². The minimum absolute atomic E-state index is 0.255. The van der Waals surface area contributed by atoms with E-state index in [-0.39, 0.29) is 5.56 Å². The van der Waals surface area contributed by atoms with Gasteiger partial charge in [-0.2, -0.15) is 8.78 Å². The summed E-state index contributed by atoms with van der Waals surface area (Å²) in [4.78, 5) is 6.86. The van der Waals surface area contributed by atoms with Crippen molar-refractivity contribution in [1.29, 1.82) is 0 Å². The molecule has 1 heterocycles. The van der Waals surface area contributed by atoms with E-state index < -0.39 is 17.0 Å². The number of halogens is 4. The highest BCUT2D eigenvalue weighted by Gasteiger charge is 2.31. The predicted octanol–water partition coefficient (Wildman–Crippen LogP) is 3.88. The van der Waals surface area contributed by atoms with Crippen molar-refractivity contribution in [3.63, 3.8) is 0 Å². The lowest BCUT2D eigenvalue weighted by molar-refractivity contribution is 0.0844. The second-order valence-electron chi connectivity index (χ2n) is 3.78. The van der Waals surface area contributed by atoms with Gasteiger partial charge in [-0.15, -0.1) is 0 Å². The van der Waals surface area contributed by atoms with E-state index in [1.54, 1.807) is 19.1 Å². The van der Waals surface area contributed by atoms with E-state index >= 15 is 0 Å². The molecule has 18 heavy (non-hydrogen) atoms. The van der Waals surface area contributed by atoms with Crippen LogP contribution in [-0.4, -0.2) is 9.97 Å². The highest BCUT2D eigenvalue weighted by molar-refractivity contribution is 6.21. The molecule has 0 bridgehead atoms. The molecule has 0 unspecified atom stereocenters. The molecule has 0 aliphatic heterocycles. The lowest BCUT2D eigenvalue weighted by Crippen LogP contribution is -2.09. The van der Waals surface area contributed by atoms with Crippen molar-refractivity contribution in [3.05, 3.63) is 47.8 Å². The molecular weight excluding hydrogens is 265 g/mol. The summed E-state index contributed by atoms with van der Waals surface area (Å²) in [6, 6.07) is 4.60. The maximum atomic E-state index is 13.6. The first-order chi connectivity index (χ1) is 8.38. The Hall–Kier alpha value is -1.62. The van der Waals surface area contributed by atoms with E-state index in [4.69, 9.17) is 11.6 Å². The van der Waals surface area contributed by atoms with Gasteiger partial charge in [-0.25, -0.2) is 14.4 Å². The van der Waals surface area contributed by atoms with Crippen LogP contribution in [0.5, 0.6) is 0 Å². The Morgan fingerprint density at radius 3 is 2.28 bits per heavy atom. The third-order valence-corrected chi connectivity index (χ3v) is 2.51. The normalized spacial score (nSPS) is 11.6. The molecule has 0 aliphatic carbocycles. The van der Waals surface area contributed by atoms with Crippen molar-refractivity contribution in [2.24, 2.45) is 0 Å². The second kappa shape index (κ2) is 4.57. The van der Waals surface area contributed by atoms with Gasteiger partial charge in [0.05, 0.1) is 0 Å². The van der Waals surface area contributed by atoms with Crippen LogP contribution in [0.4, 0.5) is 13.2 Å². The molecule has 0 N–H and O–H groups in total. The van der Waals surface area contributed by atoms with Crippen LogP contribution < -0.4 is 0 Å². The molecular formula is C12H8ClF3N2. The first kappa shape index (κ1) is 12.8. The van der Waals surface area contributed by atoms with Crippen molar-refractivity contribution < 1.29 is 13.2 Å². The average molecular weight is 273 g/mol. The zero-order chi connectivity index (χ0) is 13.3. The van der Waals surface area contributed by atoms with E-state index in [2.05, 4.69) is 9.97 Å². The second-order valence-corrected chi connectivity index (χ2v) is 4.25. The van der Waals surface area contributed by atoms with Gasteiger partial charge in [-0.3, -0.25) is 0 Å². The lowest BCUT2D eigenvalue weighted by Gasteiger charge is -2.07. The van der Waals surface area contributed by atoms with Crippen LogP contribution in [0.2, 0.25) is 0 Å². The molecule has 6 heteroatoms. The van der Waals surface area contributed by atoms with E-state index in [0.717, 1.165) is 18.0 Å². The van der Waals surface area contributed by atoms with Gasteiger partial charge in [0, 0.05) is 23.5 Å². The molecule has 0 saturated carbocycles. The van der Waals surface area contributed by atoms with Gasteiger partial charge in [0.25, 0.3) is 0 Å². The van der Waals surface area contributed by atoms with Crippen molar-refractivity contribution in [3.8, 4) is 11.1 Å². The number of aryl methyl sites for hydroxylation is 1. The van der Waals surface area contributed by atoms with E-state index in [0.29, 0.717) is 5.56 Å². The van der Waals surface area contributed by atoms with Gasteiger partial charge in [-0.1, -0.05) is 12.1 Å². The molecule has 2 aromatic rings. The third kappa shape index (κ3) is 2.61. The zero-order valence-electron chi connectivity index (χ0n) is 9.29. The molecule has 2 rings (SSSR count). The molecule has 0 aliphatic rings. The molecule has 94 valence electrons. The molecule has 0 radical (unpaired) electrons. The Labute approximate surface area is 106 Å². The predicted molar refractivity (Wildman–Crippen MR) is 61.9 cm³/mol. The highest BCUT2D eigenvalue weighted by Crippen LogP contribution is 2.30. The minimum atomic E-state index is -3.62. The summed E-state index contributed by atoms with van der Waals surface area (Å²) in [5.74, 6) is -1.26. The standard InChI is InChI=1S/C12H8ClF3N2/c1-7-2-3-9(10(14)4-7)8-5-17-11(18-6-8)12(13,15)16/h2-6H,1H3. The number of rotatable bonds is 2. The summed E-state index contributed by atoms with van der Waals surface area (Å²) in [6.45, 7) is 1.75. The summed E-state index contributed by atoms with van der Waals surface area (Å²) in [7, 11) is 0. The van der Waals surface area contributed by atoms with Gasteiger partial charge in [0.15, 0.2) is 0 Å². The van der Waals surface area contributed by atoms with Gasteiger partial charge in [-0.05, 0) is 30.2 Å². The summed E-state index contributed by atoms with van der Waals surface area (Å²) >= 11 is 4.78. The lowest BCUT2D eigenvalue weighted by atomic mass is 10.1. The fraction of sp³-hybridized carbons (Fsp3) is 0.167. The van der Waals surface area contributed by atoms with Crippen LogP contribution in [0.3, 0.4) is 0 Å². The SMILES string of the molecule is Cc1ccc(-c2cnc(C(F)(F)Cl)nc2)c(F)c1. The van der Waals surface area contributed by atoms with Crippen LogP contribution in [0, 0.1) is 12.7 Å². The van der Waals surface area contributed by atoms with Gasteiger partial charge in [0.1, 0.15) is 5.82 Å². The van der Waals surface area contributed by atoms with Crippen molar-refractivity contribution in [2.75, 3.05) is 0 Å². The fourth-order valence-corrected chi connectivity index (χ4v) is 1.57.